The Balaban J connectivity index is 1.48. The smallest absolute Gasteiger partial charge is 0.175 e. The topological polar surface area (TPSA) is 80.8 Å². The van der Waals surface area contributed by atoms with Gasteiger partial charge in [-0.2, -0.15) is 0 Å². The average Bonchev–Trinajstić information content (AvgIpc) is 3.37. The van der Waals surface area contributed by atoms with Gasteiger partial charge in [0.2, 0.25) is 0 Å². The molecule has 0 aromatic carbocycles. The number of methoxy groups -OCH3 is 2. The molecule has 28 heavy (non-hydrogen) atoms. The number of fused-ring (bicyclic) bond motifs is 2. The molecule has 1 aromatic heterocycles. The number of ether oxygens (including phenoxy) is 2. The second-order valence-electron chi connectivity index (χ2n) is 6.44. The maximum absolute atomic E-state index is 5.39. The summed E-state index contributed by atoms with van der Waals surface area (Å²) in [5.74, 6) is 2.61. The first-order valence-electron chi connectivity index (χ1n) is 8.93. The molecule has 0 saturated heterocycles. The molecule has 0 fully saturated rings. The number of hydrogen-bond acceptors (Lipinski definition) is 7. The summed E-state index contributed by atoms with van der Waals surface area (Å²) < 4.78 is 10.8. The molecule has 4 aliphatic rings. The lowest BCUT2D eigenvalue weighted by Crippen LogP contribution is -2.18. The summed E-state index contributed by atoms with van der Waals surface area (Å²) in [6.07, 6.45) is 11.6. The van der Waals surface area contributed by atoms with Crippen LogP contribution in [0.5, 0.6) is 0 Å². The van der Waals surface area contributed by atoms with Gasteiger partial charge in [-0.1, -0.05) is 30.4 Å². The maximum Gasteiger partial charge on any atom is 0.175 e. The molecule has 2 unspecified atom stereocenters. The van der Waals surface area contributed by atoms with Gasteiger partial charge in [-0.15, -0.1) is 0 Å². The Morgan fingerprint density at radius 3 is 1.71 bits per heavy atom. The molecular weight excluding hydrogens is 354 g/mol. The second kappa shape index (κ2) is 6.53. The van der Waals surface area contributed by atoms with E-state index in [0.717, 1.165) is 22.9 Å². The lowest BCUT2D eigenvalue weighted by molar-refractivity contribution is 0.313. The number of rotatable bonds is 4. The third kappa shape index (κ3) is 2.63. The third-order valence-electron chi connectivity index (χ3n) is 4.77. The van der Waals surface area contributed by atoms with Crippen molar-refractivity contribution >= 4 is 23.1 Å². The molecule has 0 N–H and O–H groups in total. The molecule has 2 aliphatic carbocycles. The predicted molar refractivity (Wildman–Crippen MR) is 108 cm³/mol. The van der Waals surface area contributed by atoms with E-state index in [4.69, 9.17) is 14.5 Å². The summed E-state index contributed by atoms with van der Waals surface area (Å²) in [5, 5.41) is 0. The molecule has 138 valence electrons. The van der Waals surface area contributed by atoms with Gasteiger partial charge >= 0.3 is 0 Å². The van der Waals surface area contributed by atoms with Crippen LogP contribution < -0.4 is 0 Å². The fourth-order valence-electron chi connectivity index (χ4n) is 3.42. The number of amidine groups is 2. The van der Waals surface area contributed by atoms with Crippen LogP contribution in [0, 0.1) is 0 Å². The van der Waals surface area contributed by atoms with Gasteiger partial charge in [0.15, 0.2) is 11.7 Å². The fourth-order valence-corrected chi connectivity index (χ4v) is 3.42. The van der Waals surface area contributed by atoms with Gasteiger partial charge in [-0.05, 0) is 24.3 Å². The molecule has 0 spiro atoms. The van der Waals surface area contributed by atoms with Crippen LogP contribution in [0.3, 0.4) is 0 Å². The molecule has 0 bridgehead atoms. The van der Waals surface area contributed by atoms with Crippen molar-refractivity contribution in [2.24, 2.45) is 20.0 Å². The monoisotopic (exact) mass is 371 g/mol. The van der Waals surface area contributed by atoms with Gasteiger partial charge in [0, 0.05) is 0 Å². The van der Waals surface area contributed by atoms with Gasteiger partial charge in [-0.3, -0.25) is 9.98 Å². The number of pyridine rings is 1. The van der Waals surface area contributed by atoms with E-state index in [1.165, 1.54) is 0 Å². The Hall–Kier alpha value is -3.61. The van der Waals surface area contributed by atoms with Crippen LogP contribution in [0.25, 0.3) is 0 Å². The summed E-state index contributed by atoms with van der Waals surface area (Å²) in [7, 11) is 3.27. The van der Waals surface area contributed by atoms with Crippen molar-refractivity contribution in [3.05, 3.63) is 77.6 Å². The number of allylic oxidation sites excluding steroid dienone is 4. The molecular formula is C21H17N5O2. The van der Waals surface area contributed by atoms with E-state index in [1.54, 1.807) is 14.2 Å². The van der Waals surface area contributed by atoms with Crippen LogP contribution in [0.15, 0.2) is 86.1 Å². The highest BCUT2D eigenvalue weighted by Gasteiger charge is 2.29. The Morgan fingerprint density at radius 1 is 0.750 bits per heavy atom. The zero-order chi connectivity index (χ0) is 19.1. The molecule has 5 rings (SSSR count). The summed E-state index contributed by atoms with van der Waals surface area (Å²) in [5.41, 5.74) is 2.96. The fraction of sp³-hybridized carbons (Fsp3) is 0.190. The first-order valence-corrected chi connectivity index (χ1v) is 8.93. The van der Waals surface area contributed by atoms with E-state index >= 15 is 0 Å². The van der Waals surface area contributed by atoms with Crippen molar-refractivity contribution in [2.45, 2.75) is 12.1 Å². The van der Waals surface area contributed by atoms with Crippen molar-refractivity contribution in [2.75, 3.05) is 14.2 Å². The van der Waals surface area contributed by atoms with Crippen LogP contribution in [0.2, 0.25) is 0 Å². The van der Waals surface area contributed by atoms with E-state index in [2.05, 4.69) is 20.0 Å². The van der Waals surface area contributed by atoms with Crippen molar-refractivity contribution < 1.29 is 9.47 Å². The first-order chi connectivity index (χ1) is 13.8. The first kappa shape index (κ1) is 16.6. The van der Waals surface area contributed by atoms with Crippen LogP contribution in [0.4, 0.5) is 0 Å². The van der Waals surface area contributed by atoms with Gasteiger partial charge in [0.05, 0.1) is 14.2 Å². The zero-order valence-electron chi connectivity index (χ0n) is 15.4. The van der Waals surface area contributed by atoms with E-state index < -0.39 is 0 Å². The molecule has 2 atom stereocenters. The highest BCUT2D eigenvalue weighted by molar-refractivity contribution is 6.20. The molecule has 0 saturated carbocycles. The van der Waals surface area contributed by atoms with Gasteiger partial charge in [0.25, 0.3) is 0 Å². The van der Waals surface area contributed by atoms with Crippen molar-refractivity contribution in [3.63, 3.8) is 0 Å². The summed E-state index contributed by atoms with van der Waals surface area (Å²) in [6, 6.07) is 5.43. The number of hydrogen-bond donors (Lipinski definition) is 0. The van der Waals surface area contributed by atoms with E-state index in [1.807, 2.05) is 54.7 Å². The SMILES string of the molecule is COC1=CC=CC2N=C(c3cccc(C4=NC5C=CC=C(OC)C5=N4)n3)N=C12. The van der Waals surface area contributed by atoms with Gasteiger partial charge in [-0.25, -0.2) is 15.0 Å². The Kier molecular flexibility index (Phi) is 3.86. The van der Waals surface area contributed by atoms with Gasteiger partial charge in [0.1, 0.15) is 46.4 Å². The molecule has 0 amide bonds. The highest BCUT2D eigenvalue weighted by Crippen LogP contribution is 2.23. The maximum atomic E-state index is 5.39. The number of nitrogens with zero attached hydrogens (tertiary/aromatic N) is 5. The lowest BCUT2D eigenvalue weighted by atomic mass is 10.1. The normalized spacial score (nSPS) is 24.4. The molecule has 2 aliphatic heterocycles. The predicted octanol–water partition coefficient (Wildman–Crippen LogP) is 2.42. The molecule has 1 aromatic rings. The van der Waals surface area contributed by atoms with Crippen molar-refractivity contribution in [1.29, 1.82) is 0 Å². The zero-order valence-corrected chi connectivity index (χ0v) is 15.4. The minimum Gasteiger partial charge on any atom is -0.495 e. The summed E-state index contributed by atoms with van der Waals surface area (Å²) >= 11 is 0. The van der Waals surface area contributed by atoms with Crippen LogP contribution in [-0.4, -0.2) is 54.4 Å². The molecule has 0 radical (unpaired) electrons. The molecule has 3 heterocycles. The van der Waals surface area contributed by atoms with Gasteiger partial charge < -0.3 is 9.47 Å². The minimum absolute atomic E-state index is 0.133. The van der Waals surface area contributed by atoms with Crippen molar-refractivity contribution in [3.8, 4) is 0 Å². The Labute approximate surface area is 162 Å². The largest absolute Gasteiger partial charge is 0.495 e. The number of aromatic nitrogens is 1. The van der Waals surface area contributed by atoms with E-state index in [9.17, 15) is 0 Å². The van der Waals surface area contributed by atoms with Crippen molar-refractivity contribution in [1.82, 2.24) is 4.98 Å². The third-order valence-corrected chi connectivity index (χ3v) is 4.77. The Morgan fingerprint density at radius 2 is 1.25 bits per heavy atom. The number of aliphatic imine (C=N–C) groups is 4. The average molecular weight is 371 g/mol. The highest BCUT2D eigenvalue weighted by atomic mass is 16.5. The standard InChI is InChI=1S/C21H17N5O2/c1-27-16-10-4-6-12-18(16)25-20(23-12)14-8-3-9-15(22-14)21-24-13-7-5-11-17(28-2)19(13)26-21/h3-13H,1-2H3. The van der Waals surface area contributed by atoms with Crippen LogP contribution >= 0.6 is 0 Å². The van der Waals surface area contributed by atoms with E-state index in [0.29, 0.717) is 23.1 Å². The second-order valence-corrected chi connectivity index (χ2v) is 6.44. The quantitative estimate of drug-likeness (QED) is 0.815. The molecule has 7 heteroatoms. The minimum atomic E-state index is -0.133. The summed E-state index contributed by atoms with van der Waals surface area (Å²) in [4.78, 5) is 23.3. The van der Waals surface area contributed by atoms with Crippen LogP contribution in [-0.2, 0) is 9.47 Å². The molecule has 7 nitrogen and oxygen atoms in total. The van der Waals surface area contributed by atoms with E-state index in [-0.39, 0.29) is 12.1 Å². The lowest BCUT2D eigenvalue weighted by Gasteiger charge is -2.12. The summed E-state index contributed by atoms with van der Waals surface area (Å²) in [6.45, 7) is 0. The Bertz CT molecular complexity index is 1020. The van der Waals surface area contributed by atoms with Crippen LogP contribution in [0.1, 0.15) is 11.4 Å².